The Morgan fingerprint density at radius 2 is 2.05 bits per heavy atom. The van der Waals surface area contributed by atoms with Crippen LogP contribution in [0.15, 0.2) is 40.9 Å². The Labute approximate surface area is 138 Å². The van der Waals surface area contributed by atoms with Gasteiger partial charge in [-0.3, -0.25) is 4.79 Å². The Bertz CT molecular complexity index is 662. The van der Waals surface area contributed by atoms with Gasteiger partial charge >= 0.3 is 0 Å². The van der Waals surface area contributed by atoms with Crippen LogP contribution in [0.3, 0.4) is 0 Å². The van der Waals surface area contributed by atoms with Crippen LogP contribution in [0.1, 0.15) is 15.9 Å². The fourth-order valence-electron chi connectivity index (χ4n) is 1.69. The maximum absolute atomic E-state index is 12.1. The van der Waals surface area contributed by atoms with E-state index in [1.165, 1.54) is 6.07 Å². The molecule has 20 heavy (non-hydrogen) atoms. The fraction of sp³-hybridized carbons (Fsp3) is 0.0714. The van der Waals surface area contributed by atoms with E-state index >= 15 is 0 Å². The zero-order valence-electron chi connectivity index (χ0n) is 10.4. The summed E-state index contributed by atoms with van der Waals surface area (Å²) < 4.78 is 1.70. The summed E-state index contributed by atoms with van der Waals surface area (Å²) in [5, 5.41) is 12.5. The Kier molecular flexibility index (Phi) is 4.87. The summed E-state index contributed by atoms with van der Waals surface area (Å²) in [6, 6.07) is 10.3. The van der Waals surface area contributed by atoms with Gasteiger partial charge in [0.1, 0.15) is 5.75 Å². The summed E-state index contributed by atoms with van der Waals surface area (Å²) in [5.74, 6) is -0.0987. The van der Waals surface area contributed by atoms with Gasteiger partial charge < -0.3 is 16.2 Å². The minimum Gasteiger partial charge on any atom is -0.508 e. The number of phenolic OH excluding ortho intramolecular Hbond substituents is 1. The Morgan fingerprint density at radius 1 is 1.30 bits per heavy atom. The summed E-state index contributed by atoms with van der Waals surface area (Å²) in [7, 11) is 0. The minimum atomic E-state index is -0.211. The highest BCUT2D eigenvalue weighted by atomic mass is 127. The van der Waals surface area contributed by atoms with Crippen molar-refractivity contribution in [2.75, 3.05) is 5.73 Å². The Morgan fingerprint density at radius 3 is 2.80 bits per heavy atom. The van der Waals surface area contributed by atoms with Crippen LogP contribution in [0.25, 0.3) is 0 Å². The Hall–Kier alpha value is -1.28. The van der Waals surface area contributed by atoms with Crippen LogP contribution in [0.2, 0.25) is 0 Å². The quantitative estimate of drug-likeness (QED) is 0.384. The fourth-order valence-corrected chi connectivity index (χ4v) is 2.61. The number of phenols is 1. The molecule has 2 rings (SSSR count). The molecule has 4 N–H and O–H groups in total. The molecule has 2 aromatic carbocycles. The molecule has 0 aliphatic rings. The van der Waals surface area contributed by atoms with E-state index in [2.05, 4.69) is 43.8 Å². The number of carbonyl (C=O) groups excluding carboxylic acids is 1. The molecule has 4 nitrogen and oxygen atoms in total. The first kappa shape index (κ1) is 15.1. The molecule has 0 radical (unpaired) electrons. The van der Waals surface area contributed by atoms with Crippen molar-refractivity contribution in [2.24, 2.45) is 0 Å². The average Bonchev–Trinajstić information content (AvgIpc) is 2.42. The minimum absolute atomic E-state index is 0.112. The number of benzene rings is 2. The highest BCUT2D eigenvalue weighted by Gasteiger charge is 2.11. The normalized spacial score (nSPS) is 10.3. The molecule has 1 amide bonds. The molecule has 0 fully saturated rings. The topological polar surface area (TPSA) is 75.3 Å². The van der Waals surface area contributed by atoms with Gasteiger partial charge in [-0.1, -0.05) is 0 Å². The molecule has 0 spiro atoms. The van der Waals surface area contributed by atoms with Crippen LogP contribution < -0.4 is 11.1 Å². The molecular formula is C14H12BrIN2O2. The third-order valence-corrected chi connectivity index (χ3v) is 4.08. The third kappa shape index (κ3) is 3.63. The summed E-state index contributed by atoms with van der Waals surface area (Å²) in [6.07, 6.45) is 0. The van der Waals surface area contributed by atoms with E-state index in [-0.39, 0.29) is 18.2 Å². The number of nitrogens with one attached hydrogen (secondary N) is 1. The van der Waals surface area contributed by atoms with Crippen molar-refractivity contribution >= 4 is 50.1 Å². The number of aromatic hydroxyl groups is 1. The number of carbonyl (C=O) groups is 1. The summed E-state index contributed by atoms with van der Waals surface area (Å²) in [4.78, 5) is 12.1. The number of amides is 1. The van der Waals surface area contributed by atoms with E-state index in [0.717, 1.165) is 8.04 Å². The van der Waals surface area contributed by atoms with Gasteiger partial charge in [-0.15, -0.1) is 0 Å². The van der Waals surface area contributed by atoms with Crippen molar-refractivity contribution in [3.63, 3.8) is 0 Å². The van der Waals surface area contributed by atoms with Crippen LogP contribution in [-0.2, 0) is 6.54 Å². The van der Waals surface area contributed by atoms with Gasteiger partial charge in [-0.05, 0) is 74.9 Å². The third-order valence-electron chi connectivity index (χ3n) is 2.72. The second-order valence-corrected chi connectivity index (χ2v) is 6.29. The van der Waals surface area contributed by atoms with E-state index in [4.69, 9.17) is 5.73 Å². The van der Waals surface area contributed by atoms with Crippen LogP contribution in [0.5, 0.6) is 5.75 Å². The molecule has 0 heterocycles. The zero-order chi connectivity index (χ0) is 14.7. The predicted molar refractivity (Wildman–Crippen MR) is 90.5 cm³/mol. The van der Waals surface area contributed by atoms with E-state index in [9.17, 15) is 9.90 Å². The highest BCUT2D eigenvalue weighted by molar-refractivity contribution is 14.1. The van der Waals surface area contributed by atoms with Gasteiger partial charge in [-0.25, -0.2) is 0 Å². The smallest absolute Gasteiger partial charge is 0.252 e. The molecule has 0 saturated heterocycles. The molecule has 0 saturated carbocycles. The maximum Gasteiger partial charge on any atom is 0.252 e. The van der Waals surface area contributed by atoms with Crippen molar-refractivity contribution in [1.82, 2.24) is 5.32 Å². The van der Waals surface area contributed by atoms with E-state index in [1.807, 2.05) is 12.1 Å². The second kappa shape index (κ2) is 6.45. The van der Waals surface area contributed by atoms with Crippen molar-refractivity contribution in [2.45, 2.75) is 6.54 Å². The monoisotopic (exact) mass is 446 g/mol. The van der Waals surface area contributed by atoms with Crippen LogP contribution >= 0.6 is 38.5 Å². The van der Waals surface area contributed by atoms with Gasteiger partial charge in [0.05, 0.1) is 5.56 Å². The van der Waals surface area contributed by atoms with Crippen molar-refractivity contribution in [3.05, 3.63) is 55.6 Å². The lowest BCUT2D eigenvalue weighted by molar-refractivity contribution is 0.0950. The average molecular weight is 447 g/mol. The van der Waals surface area contributed by atoms with Gasteiger partial charge in [0, 0.05) is 25.8 Å². The summed E-state index contributed by atoms with van der Waals surface area (Å²) >= 11 is 5.50. The lowest BCUT2D eigenvalue weighted by Crippen LogP contribution is -2.23. The SMILES string of the molecule is Nc1ccc(O)c(CNC(=O)c2cc(I)ccc2Br)c1. The molecular weight excluding hydrogens is 435 g/mol. The van der Waals surface area contributed by atoms with Gasteiger partial charge in [0.15, 0.2) is 0 Å². The number of nitrogen functional groups attached to an aromatic ring is 1. The van der Waals surface area contributed by atoms with Gasteiger partial charge in [-0.2, -0.15) is 0 Å². The molecule has 2 aromatic rings. The van der Waals surface area contributed by atoms with Crippen molar-refractivity contribution in [1.29, 1.82) is 0 Å². The molecule has 0 bridgehead atoms. The Balaban J connectivity index is 2.12. The number of anilines is 1. The number of hydrogen-bond donors (Lipinski definition) is 3. The molecule has 0 aromatic heterocycles. The molecule has 0 aliphatic carbocycles. The number of nitrogens with two attached hydrogens (primary N) is 1. The summed E-state index contributed by atoms with van der Waals surface area (Å²) in [6.45, 7) is 0.216. The molecule has 0 atom stereocenters. The van der Waals surface area contributed by atoms with Crippen molar-refractivity contribution in [3.8, 4) is 5.75 Å². The summed E-state index contributed by atoms with van der Waals surface area (Å²) in [5.41, 5.74) is 7.34. The largest absolute Gasteiger partial charge is 0.508 e. The second-order valence-electron chi connectivity index (χ2n) is 4.19. The van der Waals surface area contributed by atoms with E-state index in [0.29, 0.717) is 16.8 Å². The van der Waals surface area contributed by atoms with Crippen LogP contribution in [-0.4, -0.2) is 11.0 Å². The van der Waals surface area contributed by atoms with Gasteiger partial charge in [0.25, 0.3) is 5.91 Å². The van der Waals surface area contributed by atoms with Gasteiger partial charge in [0.2, 0.25) is 0 Å². The van der Waals surface area contributed by atoms with E-state index < -0.39 is 0 Å². The number of rotatable bonds is 3. The van der Waals surface area contributed by atoms with E-state index in [1.54, 1.807) is 18.2 Å². The molecule has 0 aliphatic heterocycles. The molecule has 104 valence electrons. The zero-order valence-corrected chi connectivity index (χ0v) is 14.1. The first-order chi connectivity index (χ1) is 9.47. The standard InChI is InChI=1S/C14H12BrIN2O2/c15-12-3-1-9(16)6-11(12)14(20)18-7-8-5-10(17)2-4-13(8)19/h1-6,19H,7,17H2,(H,18,20). The van der Waals surface area contributed by atoms with Crippen LogP contribution in [0.4, 0.5) is 5.69 Å². The lowest BCUT2D eigenvalue weighted by Gasteiger charge is -2.09. The molecule has 0 unspecified atom stereocenters. The van der Waals surface area contributed by atoms with Crippen molar-refractivity contribution < 1.29 is 9.90 Å². The maximum atomic E-state index is 12.1. The number of hydrogen-bond acceptors (Lipinski definition) is 3. The molecule has 6 heteroatoms. The first-order valence-corrected chi connectivity index (χ1v) is 7.65. The van der Waals surface area contributed by atoms with Crippen LogP contribution in [0, 0.1) is 3.57 Å². The first-order valence-electron chi connectivity index (χ1n) is 5.78. The lowest BCUT2D eigenvalue weighted by atomic mass is 10.1. The number of halogens is 2. The predicted octanol–water partition coefficient (Wildman–Crippen LogP) is 3.27. The highest BCUT2D eigenvalue weighted by Crippen LogP contribution is 2.21.